The second-order valence-corrected chi connectivity index (χ2v) is 5.27. The van der Waals surface area contributed by atoms with E-state index in [0.29, 0.717) is 17.9 Å². The number of fused-ring (bicyclic) bond motifs is 1. The van der Waals surface area contributed by atoms with Crippen LogP contribution in [-0.4, -0.2) is 23.0 Å². The Bertz CT molecular complexity index is 620. The van der Waals surface area contributed by atoms with Gasteiger partial charge in [-0.05, 0) is 6.42 Å². The molecule has 0 saturated carbocycles. The zero-order valence-electron chi connectivity index (χ0n) is 9.86. The lowest BCUT2D eigenvalue weighted by molar-refractivity contribution is -0.380. The van der Waals surface area contributed by atoms with E-state index >= 15 is 0 Å². The molecule has 19 heavy (non-hydrogen) atoms. The van der Waals surface area contributed by atoms with Gasteiger partial charge in [0, 0.05) is 12.6 Å². The van der Waals surface area contributed by atoms with Crippen molar-refractivity contribution in [1.82, 2.24) is 5.32 Å². The minimum Gasteiger partial charge on any atom is -0.381 e. The highest BCUT2D eigenvalue weighted by Gasteiger charge is 2.35. The molecule has 0 spiro atoms. The Morgan fingerprint density at radius 2 is 2.11 bits per heavy atom. The standard InChI is InChI=1S/C11H9ClN2O4S/c1-2-3-13-8-7(12)10(16)11-5(9(8)15)4-6(19-11)14(17)18/h4,13H,2-3H2,1H3. The lowest BCUT2D eigenvalue weighted by Gasteiger charge is -2.15. The van der Waals surface area contributed by atoms with Gasteiger partial charge < -0.3 is 5.32 Å². The molecule has 6 nitrogen and oxygen atoms in total. The van der Waals surface area contributed by atoms with Crippen LogP contribution in [0.4, 0.5) is 5.00 Å². The quantitative estimate of drug-likeness (QED) is 0.681. The Kier molecular flexibility index (Phi) is 3.68. The summed E-state index contributed by atoms with van der Waals surface area (Å²) in [7, 11) is 0. The van der Waals surface area contributed by atoms with Gasteiger partial charge in [0.25, 0.3) is 0 Å². The summed E-state index contributed by atoms with van der Waals surface area (Å²) >= 11 is 6.53. The Balaban J connectivity index is 2.47. The fourth-order valence-corrected chi connectivity index (χ4v) is 2.88. The van der Waals surface area contributed by atoms with Gasteiger partial charge in [-0.15, -0.1) is 0 Å². The van der Waals surface area contributed by atoms with Gasteiger partial charge in [-0.2, -0.15) is 0 Å². The molecule has 2 rings (SSSR count). The molecule has 1 heterocycles. The Hall–Kier alpha value is -1.73. The number of hydrogen-bond acceptors (Lipinski definition) is 6. The molecule has 0 fully saturated rings. The molecule has 0 aromatic carbocycles. The van der Waals surface area contributed by atoms with Gasteiger partial charge in [-0.3, -0.25) is 19.7 Å². The molecule has 0 saturated heterocycles. The van der Waals surface area contributed by atoms with E-state index < -0.39 is 16.5 Å². The molecule has 8 heteroatoms. The number of nitrogens with one attached hydrogen (secondary N) is 1. The fourth-order valence-electron chi connectivity index (χ4n) is 1.66. The molecule has 0 amide bonds. The van der Waals surface area contributed by atoms with Crippen LogP contribution in [0.1, 0.15) is 33.4 Å². The van der Waals surface area contributed by atoms with E-state index in [9.17, 15) is 19.7 Å². The maximum absolute atomic E-state index is 12.1. The van der Waals surface area contributed by atoms with Crippen LogP contribution in [0.15, 0.2) is 16.8 Å². The van der Waals surface area contributed by atoms with Crippen LogP contribution >= 0.6 is 22.9 Å². The zero-order valence-corrected chi connectivity index (χ0v) is 11.4. The summed E-state index contributed by atoms with van der Waals surface area (Å²) in [6, 6.07) is 1.12. The van der Waals surface area contributed by atoms with Crippen molar-refractivity contribution in [1.29, 1.82) is 0 Å². The van der Waals surface area contributed by atoms with E-state index in [1.165, 1.54) is 0 Å². The number of allylic oxidation sites excluding steroid dienone is 2. The highest BCUT2D eigenvalue weighted by atomic mass is 35.5. The lowest BCUT2D eigenvalue weighted by Crippen LogP contribution is -2.28. The van der Waals surface area contributed by atoms with Crippen molar-refractivity contribution >= 4 is 39.5 Å². The van der Waals surface area contributed by atoms with E-state index in [2.05, 4.69) is 5.32 Å². The number of rotatable bonds is 4. The summed E-state index contributed by atoms with van der Waals surface area (Å²) < 4.78 is 0. The zero-order chi connectivity index (χ0) is 14.2. The molecule has 0 unspecified atom stereocenters. The number of halogens is 1. The van der Waals surface area contributed by atoms with Crippen LogP contribution < -0.4 is 5.32 Å². The Labute approximate surface area is 117 Å². The van der Waals surface area contributed by atoms with E-state index in [1.54, 1.807) is 0 Å². The smallest absolute Gasteiger partial charge is 0.325 e. The average molecular weight is 301 g/mol. The number of nitro groups is 1. The second kappa shape index (κ2) is 5.10. The van der Waals surface area contributed by atoms with Crippen LogP contribution in [-0.2, 0) is 0 Å². The molecule has 100 valence electrons. The molecule has 1 aliphatic rings. The van der Waals surface area contributed by atoms with Gasteiger partial charge in [0.05, 0.1) is 15.4 Å². The number of nitrogens with zero attached hydrogens (tertiary/aromatic N) is 1. The van der Waals surface area contributed by atoms with Gasteiger partial charge in [0.1, 0.15) is 10.7 Å². The van der Waals surface area contributed by atoms with Crippen molar-refractivity contribution in [2.24, 2.45) is 0 Å². The van der Waals surface area contributed by atoms with Crippen LogP contribution in [0.2, 0.25) is 0 Å². The van der Waals surface area contributed by atoms with Crippen molar-refractivity contribution < 1.29 is 14.5 Å². The minimum absolute atomic E-state index is 0.0220. The van der Waals surface area contributed by atoms with E-state index in [1.807, 2.05) is 6.92 Å². The van der Waals surface area contributed by atoms with Crippen LogP contribution in [0.5, 0.6) is 0 Å². The first-order valence-electron chi connectivity index (χ1n) is 5.48. The minimum atomic E-state index is -0.628. The lowest BCUT2D eigenvalue weighted by atomic mass is 10.00. The van der Waals surface area contributed by atoms with Gasteiger partial charge >= 0.3 is 5.00 Å². The molecular formula is C11H9ClN2O4S. The molecule has 1 N–H and O–H groups in total. The molecule has 0 atom stereocenters. The first-order valence-corrected chi connectivity index (χ1v) is 6.68. The third-order valence-electron chi connectivity index (χ3n) is 2.55. The Morgan fingerprint density at radius 1 is 1.42 bits per heavy atom. The van der Waals surface area contributed by atoms with Crippen molar-refractivity contribution in [3.8, 4) is 0 Å². The van der Waals surface area contributed by atoms with Crippen LogP contribution in [0, 0.1) is 10.1 Å². The first kappa shape index (κ1) is 13.7. The summed E-state index contributed by atoms with van der Waals surface area (Å²) in [5, 5.41) is 13.0. The number of carbonyl (C=O) groups is 2. The summed E-state index contributed by atoms with van der Waals surface area (Å²) in [6.07, 6.45) is 0.756. The molecular weight excluding hydrogens is 292 g/mol. The van der Waals surface area contributed by atoms with Gasteiger partial charge in [0.2, 0.25) is 11.6 Å². The van der Waals surface area contributed by atoms with Gasteiger partial charge in [-0.25, -0.2) is 0 Å². The highest BCUT2D eigenvalue weighted by molar-refractivity contribution is 7.18. The number of thiophene rings is 1. The van der Waals surface area contributed by atoms with E-state index in [-0.39, 0.29) is 26.2 Å². The maximum Gasteiger partial charge on any atom is 0.325 e. The first-order chi connectivity index (χ1) is 8.97. The highest BCUT2D eigenvalue weighted by Crippen LogP contribution is 2.36. The van der Waals surface area contributed by atoms with Gasteiger partial charge in [-0.1, -0.05) is 29.9 Å². The molecule has 0 aliphatic heterocycles. The van der Waals surface area contributed by atoms with Crippen molar-refractivity contribution in [3.63, 3.8) is 0 Å². The molecule has 1 aliphatic carbocycles. The number of hydrogen-bond donors (Lipinski definition) is 1. The second-order valence-electron chi connectivity index (χ2n) is 3.86. The largest absolute Gasteiger partial charge is 0.381 e. The van der Waals surface area contributed by atoms with Gasteiger partial charge in [0.15, 0.2) is 0 Å². The predicted octanol–water partition coefficient (Wildman–Crippen LogP) is 2.49. The summed E-state index contributed by atoms with van der Waals surface area (Å²) in [4.78, 5) is 34.2. The number of Topliss-reactive ketones (excluding diaryl/α,β-unsaturated/α-hetero) is 2. The average Bonchev–Trinajstić information content (AvgIpc) is 2.82. The van der Waals surface area contributed by atoms with Crippen molar-refractivity contribution in [2.45, 2.75) is 13.3 Å². The van der Waals surface area contributed by atoms with E-state index in [0.717, 1.165) is 12.5 Å². The monoisotopic (exact) mass is 300 g/mol. The third-order valence-corrected chi connectivity index (χ3v) is 3.99. The summed E-state index contributed by atoms with van der Waals surface area (Å²) in [5.74, 6) is -1.02. The summed E-state index contributed by atoms with van der Waals surface area (Å²) in [6.45, 7) is 2.39. The predicted molar refractivity (Wildman–Crippen MR) is 70.8 cm³/mol. The molecule has 0 radical (unpaired) electrons. The molecule has 0 bridgehead atoms. The van der Waals surface area contributed by atoms with Crippen LogP contribution in [0.25, 0.3) is 0 Å². The SMILES string of the molecule is CCCNC1=C(Cl)C(=O)c2sc([N+](=O)[O-])cc2C1=O. The third kappa shape index (κ3) is 2.26. The number of carbonyl (C=O) groups excluding carboxylic acids is 2. The Morgan fingerprint density at radius 3 is 2.68 bits per heavy atom. The molecule has 1 aromatic rings. The number of ketones is 2. The fraction of sp³-hybridized carbons (Fsp3) is 0.273. The van der Waals surface area contributed by atoms with Crippen molar-refractivity contribution in [2.75, 3.05) is 6.54 Å². The van der Waals surface area contributed by atoms with E-state index in [4.69, 9.17) is 11.6 Å². The normalized spacial score (nSPS) is 14.6. The van der Waals surface area contributed by atoms with Crippen LogP contribution in [0.3, 0.4) is 0 Å². The van der Waals surface area contributed by atoms with Crippen molar-refractivity contribution in [3.05, 3.63) is 37.4 Å². The summed E-state index contributed by atoms with van der Waals surface area (Å²) in [5.41, 5.74) is 0.0680. The maximum atomic E-state index is 12.1. The topological polar surface area (TPSA) is 89.3 Å². The molecule has 1 aromatic heterocycles.